The number of hydrogen-bond acceptors (Lipinski definition) is 4. The van der Waals surface area contributed by atoms with Gasteiger partial charge in [0.05, 0.1) is 12.2 Å². The number of nitrogens with one attached hydrogen (secondary N) is 1. The molecule has 0 fully saturated rings. The molecule has 1 aromatic carbocycles. The van der Waals surface area contributed by atoms with E-state index in [0.29, 0.717) is 24.5 Å². The van der Waals surface area contributed by atoms with Crippen LogP contribution in [-0.4, -0.2) is 29.4 Å². The highest BCUT2D eigenvalue weighted by molar-refractivity contribution is 5.92. The molecule has 3 N–H and O–H groups in total. The van der Waals surface area contributed by atoms with Crippen LogP contribution in [0.1, 0.15) is 11.3 Å². The fourth-order valence-corrected chi connectivity index (χ4v) is 1.99. The van der Waals surface area contributed by atoms with Gasteiger partial charge in [-0.3, -0.25) is 14.7 Å². The van der Waals surface area contributed by atoms with Crippen LogP contribution in [0.5, 0.6) is 0 Å². The van der Waals surface area contributed by atoms with Crippen molar-refractivity contribution in [2.75, 3.05) is 24.6 Å². The number of carbonyl (C=O) groups excluding carboxylic acids is 1. The molecule has 0 aliphatic carbocycles. The molecule has 1 aromatic heterocycles. The summed E-state index contributed by atoms with van der Waals surface area (Å²) in [7, 11) is 1.89. The number of aromatic nitrogens is 1. The Hall–Kier alpha value is -2.40. The Morgan fingerprint density at radius 1 is 1.33 bits per heavy atom. The molecule has 0 bridgehead atoms. The summed E-state index contributed by atoms with van der Waals surface area (Å²) in [4.78, 5) is 18.1. The molecular weight excluding hydrogens is 264 g/mol. The van der Waals surface area contributed by atoms with Gasteiger partial charge in [-0.2, -0.15) is 0 Å². The number of carbonyl (C=O) groups is 1. The molecule has 0 aliphatic rings. The van der Waals surface area contributed by atoms with Crippen molar-refractivity contribution in [2.45, 2.75) is 13.5 Å². The van der Waals surface area contributed by atoms with E-state index in [1.165, 1.54) is 0 Å². The van der Waals surface area contributed by atoms with Crippen LogP contribution < -0.4 is 11.1 Å². The van der Waals surface area contributed by atoms with Crippen LogP contribution in [0.2, 0.25) is 0 Å². The van der Waals surface area contributed by atoms with Crippen molar-refractivity contribution < 1.29 is 4.79 Å². The molecule has 110 valence electrons. The highest BCUT2D eigenvalue weighted by Gasteiger charge is 2.08. The van der Waals surface area contributed by atoms with Crippen LogP contribution in [0.25, 0.3) is 0 Å². The van der Waals surface area contributed by atoms with Gasteiger partial charge < -0.3 is 11.1 Å². The average Bonchev–Trinajstić information content (AvgIpc) is 2.43. The first-order valence-corrected chi connectivity index (χ1v) is 6.79. The molecule has 2 aromatic rings. The van der Waals surface area contributed by atoms with Gasteiger partial charge in [-0.05, 0) is 43.8 Å². The number of anilines is 2. The minimum Gasteiger partial charge on any atom is -0.398 e. The van der Waals surface area contributed by atoms with Crippen molar-refractivity contribution in [3.05, 3.63) is 53.9 Å². The summed E-state index contributed by atoms with van der Waals surface area (Å²) in [5, 5.41) is 2.85. The van der Waals surface area contributed by atoms with Gasteiger partial charge in [0.2, 0.25) is 5.91 Å². The van der Waals surface area contributed by atoms with Crippen LogP contribution in [-0.2, 0) is 11.3 Å². The molecule has 1 amide bonds. The smallest absolute Gasteiger partial charge is 0.238 e. The van der Waals surface area contributed by atoms with Crippen LogP contribution in [0, 0.1) is 6.92 Å². The normalized spacial score (nSPS) is 10.6. The quantitative estimate of drug-likeness (QED) is 0.824. The predicted octanol–water partition coefficient (Wildman–Crippen LogP) is 2.04. The summed E-state index contributed by atoms with van der Waals surface area (Å²) in [6.45, 7) is 2.86. The van der Waals surface area contributed by atoms with Gasteiger partial charge in [0.15, 0.2) is 0 Å². The van der Waals surface area contributed by atoms with Crippen molar-refractivity contribution >= 4 is 17.3 Å². The van der Waals surface area contributed by atoms with Gasteiger partial charge in [0, 0.05) is 24.1 Å². The second kappa shape index (κ2) is 6.85. The van der Waals surface area contributed by atoms with Gasteiger partial charge in [0.1, 0.15) is 0 Å². The maximum absolute atomic E-state index is 12.0. The second-order valence-corrected chi connectivity index (χ2v) is 5.11. The highest BCUT2D eigenvalue weighted by atomic mass is 16.2. The third-order valence-corrected chi connectivity index (χ3v) is 3.13. The van der Waals surface area contributed by atoms with Crippen LogP contribution in [0.4, 0.5) is 11.4 Å². The highest BCUT2D eigenvalue weighted by Crippen LogP contribution is 2.16. The monoisotopic (exact) mass is 284 g/mol. The van der Waals surface area contributed by atoms with E-state index in [4.69, 9.17) is 5.73 Å². The molecular formula is C16H20N4O. The Kier molecular flexibility index (Phi) is 4.90. The molecule has 0 aliphatic heterocycles. The van der Waals surface area contributed by atoms with Gasteiger partial charge in [-0.25, -0.2) is 0 Å². The topological polar surface area (TPSA) is 71.2 Å². The zero-order chi connectivity index (χ0) is 15.2. The van der Waals surface area contributed by atoms with Gasteiger partial charge >= 0.3 is 0 Å². The van der Waals surface area contributed by atoms with Crippen molar-refractivity contribution in [1.29, 1.82) is 0 Å². The fourth-order valence-electron chi connectivity index (χ4n) is 1.99. The van der Waals surface area contributed by atoms with Crippen molar-refractivity contribution in [3.63, 3.8) is 0 Å². The van der Waals surface area contributed by atoms with E-state index in [1.54, 1.807) is 12.3 Å². The first kappa shape index (κ1) is 15.0. The molecule has 0 spiro atoms. The minimum absolute atomic E-state index is 0.0725. The maximum atomic E-state index is 12.0. The van der Waals surface area contributed by atoms with E-state index in [2.05, 4.69) is 10.3 Å². The van der Waals surface area contributed by atoms with E-state index in [-0.39, 0.29) is 5.91 Å². The summed E-state index contributed by atoms with van der Waals surface area (Å²) in [5.74, 6) is -0.0725. The number of nitrogens with zero attached hydrogens (tertiary/aromatic N) is 2. The lowest BCUT2D eigenvalue weighted by Gasteiger charge is -2.16. The fraction of sp³-hybridized carbons (Fsp3) is 0.250. The largest absolute Gasteiger partial charge is 0.398 e. The van der Waals surface area contributed by atoms with Crippen molar-refractivity contribution in [1.82, 2.24) is 9.88 Å². The Balaban J connectivity index is 1.87. The maximum Gasteiger partial charge on any atom is 0.238 e. The second-order valence-electron chi connectivity index (χ2n) is 5.11. The third-order valence-electron chi connectivity index (χ3n) is 3.13. The number of nitrogens with two attached hydrogens (primary N) is 1. The molecule has 0 saturated heterocycles. The van der Waals surface area contributed by atoms with E-state index >= 15 is 0 Å². The number of benzene rings is 1. The zero-order valence-electron chi connectivity index (χ0n) is 12.3. The number of amides is 1. The Labute approximate surface area is 124 Å². The number of nitrogen functional groups attached to an aromatic ring is 1. The number of rotatable bonds is 5. The van der Waals surface area contributed by atoms with Gasteiger partial charge in [-0.1, -0.05) is 12.1 Å². The summed E-state index contributed by atoms with van der Waals surface area (Å²) < 4.78 is 0. The van der Waals surface area contributed by atoms with E-state index in [9.17, 15) is 4.79 Å². The van der Waals surface area contributed by atoms with Crippen molar-refractivity contribution in [2.24, 2.45) is 0 Å². The van der Waals surface area contributed by atoms with E-state index in [1.807, 2.05) is 49.2 Å². The third kappa shape index (κ3) is 4.57. The lowest BCUT2D eigenvalue weighted by molar-refractivity contribution is -0.117. The number of pyridine rings is 1. The number of likely N-dealkylation sites (N-methyl/N-ethyl adjacent to an activating group) is 1. The van der Waals surface area contributed by atoms with Crippen LogP contribution in [0.15, 0.2) is 42.6 Å². The molecule has 0 atom stereocenters. The predicted molar refractivity (Wildman–Crippen MR) is 84.8 cm³/mol. The standard InChI is InChI=1S/C16H20N4O/c1-12-6-7-13(9-15(12)17)19-16(21)11-20(2)10-14-5-3-4-8-18-14/h3-9H,10-11,17H2,1-2H3,(H,19,21). The molecule has 5 nitrogen and oxygen atoms in total. The Morgan fingerprint density at radius 3 is 2.81 bits per heavy atom. The van der Waals surface area contributed by atoms with Crippen LogP contribution in [0.3, 0.4) is 0 Å². The van der Waals surface area contributed by atoms with Gasteiger partial charge in [-0.15, -0.1) is 0 Å². The lowest BCUT2D eigenvalue weighted by Crippen LogP contribution is -2.30. The van der Waals surface area contributed by atoms with E-state index < -0.39 is 0 Å². The molecule has 0 radical (unpaired) electrons. The summed E-state index contributed by atoms with van der Waals surface area (Å²) in [6, 6.07) is 11.3. The zero-order valence-corrected chi connectivity index (χ0v) is 12.3. The van der Waals surface area contributed by atoms with E-state index in [0.717, 1.165) is 11.3 Å². The SMILES string of the molecule is Cc1ccc(NC(=O)CN(C)Cc2ccccn2)cc1N. The molecule has 0 unspecified atom stereocenters. The summed E-state index contributed by atoms with van der Waals surface area (Å²) in [6.07, 6.45) is 1.75. The molecule has 2 rings (SSSR count). The molecule has 0 saturated carbocycles. The number of aryl methyl sites for hydroxylation is 1. The van der Waals surface area contributed by atoms with Gasteiger partial charge in [0.25, 0.3) is 0 Å². The first-order valence-electron chi connectivity index (χ1n) is 6.79. The van der Waals surface area contributed by atoms with Crippen LogP contribution >= 0.6 is 0 Å². The molecule has 1 heterocycles. The average molecular weight is 284 g/mol. The first-order chi connectivity index (χ1) is 10.0. The lowest BCUT2D eigenvalue weighted by atomic mass is 10.2. The molecule has 21 heavy (non-hydrogen) atoms. The van der Waals surface area contributed by atoms with Crippen molar-refractivity contribution in [3.8, 4) is 0 Å². The molecule has 5 heteroatoms. The Morgan fingerprint density at radius 2 is 2.14 bits per heavy atom. The summed E-state index contributed by atoms with van der Waals surface area (Å²) >= 11 is 0. The number of hydrogen-bond donors (Lipinski definition) is 2. The Bertz CT molecular complexity index is 613. The summed E-state index contributed by atoms with van der Waals surface area (Å²) in [5.41, 5.74) is 9.16. The minimum atomic E-state index is -0.0725.